The number of benzene rings is 3. The Morgan fingerprint density at radius 2 is 0.621 bits per heavy atom. The molecule has 6 atom stereocenters. The number of nitrogens with one attached hydrogen (secondary N) is 4. The van der Waals surface area contributed by atoms with Crippen molar-refractivity contribution in [3.8, 4) is 0 Å². The number of pyridine rings is 3. The standard InChI is InChI=1S/2C36H50FN7O3S.C32H42FN7O3S.7H2/c2*1-35(2,3)14-18-43-32(46)28(23-29(45)40-16-12-24(13-17-40)44-27-11-8-15-38-31(27)39-34(44)47)48-33(43)25-9-7-10-26(37)30(25)41-19-21-42(22-20-41)36(4,5)6;1-32(2,3)11-17-39-29(42)25(44-30(39)22-6-4-7-23(33)27(22)38-18-13-34-14-19-38)20-26(41)37-15-9-21(10-16-37)40-24-8-5-12-35-28(24)36-31(40)43;;;;;;;/h2*7-11,15,24,28,33H,12-14,16-23H2,1-6H3,(H,38,39,47);4-8,12,21,25,30,34H,9-11,13-20H2,1-3H3,(H,35,36,43);7*1H/t28-,33?;28-,33-;25-,30-;;;;;;;/m000......./s1. The van der Waals surface area contributed by atoms with Crippen LogP contribution in [0.15, 0.2) is 124 Å². The lowest BCUT2D eigenvalue weighted by atomic mass is 9.92. The zero-order valence-electron chi connectivity index (χ0n) is 84.1. The molecule has 18 rings (SSSR count). The SMILES string of the molecule is CC(C)(C)CCN1C(=O)[C@H](CC(=O)N2CCC(n3c(=O)[nH]c4ncccc43)CC2)SC1c1cccc(F)c1N1CCN(C(C)(C)C)CC1.CC(C)(C)CCN1C(=O)[C@H](CC(=O)N2CCC(n3c(=O)[nH]c4ncccc43)CC2)S[C@H]1c1cccc(F)c1N1CCN(C(C)(C)C)CC1.CC(C)(C)CCN1C(=O)[C@H](CC(=O)N2CCC(n3c(=O)[nH]c4ncccc43)CC2)S[C@H]1c1cccc(F)c1N1CCNCC1.[HH].[HH].[HH].[HH].[HH].[HH].[HH]. The lowest BCUT2D eigenvalue weighted by molar-refractivity contribution is -0.136. The van der Waals surface area contributed by atoms with Gasteiger partial charge in [-0.25, -0.2) is 42.5 Å². The number of para-hydroxylation sites is 3. The molecule has 1 unspecified atom stereocenters. The zero-order chi connectivity index (χ0) is 99.8. The van der Waals surface area contributed by atoms with Gasteiger partial charge in [-0.2, -0.15) is 0 Å². The predicted octanol–water partition coefficient (Wildman–Crippen LogP) is 16.5. The average molecular weight is 2000 g/mol. The average Bonchev–Trinajstić information content (AvgIpc) is 1.66. The first-order chi connectivity index (χ1) is 66.5. The van der Waals surface area contributed by atoms with E-state index in [0.29, 0.717) is 171 Å². The Labute approximate surface area is 842 Å². The van der Waals surface area contributed by atoms with Crippen LogP contribution < -0.4 is 37.1 Å². The van der Waals surface area contributed by atoms with Gasteiger partial charge in [-0.05, 0) is 170 Å². The van der Waals surface area contributed by atoms with Crippen LogP contribution in [0.3, 0.4) is 0 Å². The van der Waals surface area contributed by atoms with Crippen LogP contribution in [0.1, 0.15) is 242 Å². The Morgan fingerprint density at radius 1 is 0.357 bits per heavy atom. The maximum absolute atomic E-state index is 15.8. The molecule has 9 aliphatic heterocycles. The number of piperidine rings is 3. The normalized spacial score (nSPS) is 21.9. The molecule has 770 valence electrons. The summed E-state index contributed by atoms with van der Waals surface area (Å²) in [6, 6.07) is 26.6. The van der Waals surface area contributed by atoms with Gasteiger partial charge in [-0.1, -0.05) is 98.7 Å². The maximum Gasteiger partial charge on any atom is 0.327 e. The van der Waals surface area contributed by atoms with E-state index in [1.807, 2.05) is 84.0 Å². The largest absolute Gasteiger partial charge is 0.366 e. The maximum atomic E-state index is 15.8. The smallest absolute Gasteiger partial charge is 0.327 e. The van der Waals surface area contributed by atoms with Crippen molar-refractivity contribution < 1.29 is 51.9 Å². The number of likely N-dealkylation sites (tertiary alicyclic amines) is 3. The number of piperazine rings is 3. The van der Waals surface area contributed by atoms with Gasteiger partial charge in [0.1, 0.15) is 33.6 Å². The number of imidazole rings is 3. The molecule has 15 heterocycles. The first kappa shape index (κ1) is 103. The van der Waals surface area contributed by atoms with Gasteiger partial charge in [0.25, 0.3) is 0 Å². The number of aromatic nitrogens is 9. The van der Waals surface area contributed by atoms with Gasteiger partial charge in [-0.3, -0.25) is 67.2 Å². The number of hydrogen-bond donors (Lipinski definition) is 4. The molecule has 0 spiro atoms. The number of amides is 6. The minimum absolute atomic E-state index is 0. The summed E-state index contributed by atoms with van der Waals surface area (Å²) in [6.07, 6.45) is 11.5. The van der Waals surface area contributed by atoms with Gasteiger partial charge in [0, 0.05) is 231 Å². The van der Waals surface area contributed by atoms with Gasteiger partial charge in [0.2, 0.25) is 35.4 Å². The molecule has 36 heteroatoms. The Morgan fingerprint density at radius 3 is 0.879 bits per heavy atom. The highest BCUT2D eigenvalue weighted by Crippen LogP contribution is 2.53. The molecule has 0 saturated carbocycles. The predicted molar refractivity (Wildman–Crippen MR) is 565 cm³/mol. The summed E-state index contributed by atoms with van der Waals surface area (Å²) in [5, 5.41) is 0.584. The summed E-state index contributed by atoms with van der Waals surface area (Å²) in [4.78, 5) is 165. The van der Waals surface area contributed by atoms with Crippen molar-refractivity contribution in [2.75, 3.05) is 152 Å². The van der Waals surface area contributed by atoms with E-state index in [9.17, 15) is 43.2 Å². The number of anilines is 3. The first-order valence-electron chi connectivity index (χ1n) is 50.2. The summed E-state index contributed by atoms with van der Waals surface area (Å²) < 4.78 is 52.2. The van der Waals surface area contributed by atoms with E-state index < -0.39 is 15.7 Å². The third-order valence-corrected chi connectivity index (χ3v) is 33.6. The van der Waals surface area contributed by atoms with Crippen molar-refractivity contribution in [2.45, 2.75) is 242 Å². The van der Waals surface area contributed by atoms with Gasteiger partial charge < -0.3 is 49.4 Å². The van der Waals surface area contributed by atoms with Crippen LogP contribution in [0.25, 0.3) is 33.5 Å². The second-order valence-corrected chi connectivity index (χ2v) is 48.3. The number of H-pyrrole nitrogens is 3. The molecule has 9 aliphatic rings. The van der Waals surface area contributed by atoms with Crippen molar-refractivity contribution in [3.63, 3.8) is 0 Å². The number of rotatable bonds is 21. The Balaban J connectivity index is 0.000000240. The first-order valence-corrected chi connectivity index (χ1v) is 53.0. The molecule has 6 amide bonds. The van der Waals surface area contributed by atoms with E-state index in [1.54, 1.807) is 50.5 Å². The molecule has 0 bridgehead atoms. The van der Waals surface area contributed by atoms with Gasteiger partial charge in [-0.15, -0.1) is 35.3 Å². The van der Waals surface area contributed by atoms with Crippen LogP contribution >= 0.6 is 35.3 Å². The van der Waals surface area contributed by atoms with Gasteiger partial charge >= 0.3 is 17.1 Å². The molecule has 9 saturated heterocycles. The minimum atomic E-state index is -0.545. The Kier molecular flexibility index (Phi) is 31.4. The van der Waals surface area contributed by atoms with E-state index in [4.69, 9.17) is 0 Å². The van der Waals surface area contributed by atoms with Gasteiger partial charge in [0.15, 0.2) is 16.9 Å². The van der Waals surface area contributed by atoms with E-state index in [1.165, 1.54) is 53.5 Å². The van der Waals surface area contributed by atoms with Gasteiger partial charge in [0.05, 0.1) is 49.4 Å². The Bertz CT molecular complexity index is 5910. The highest BCUT2D eigenvalue weighted by Gasteiger charge is 2.50. The van der Waals surface area contributed by atoms with E-state index in [2.05, 4.69) is 164 Å². The van der Waals surface area contributed by atoms with Crippen LogP contribution in [-0.4, -0.2) is 283 Å². The number of nitrogens with zero attached hydrogens (tertiary/aromatic N) is 17. The number of aromatic amines is 3. The van der Waals surface area contributed by atoms with E-state index in [0.717, 1.165) is 91.8 Å². The molecular weight excluding hydrogens is 1840 g/mol. The van der Waals surface area contributed by atoms with E-state index in [-0.39, 0.29) is 161 Å². The number of fused-ring (bicyclic) bond motifs is 3. The summed E-state index contributed by atoms with van der Waals surface area (Å²) in [5.74, 6) is -1.14. The van der Waals surface area contributed by atoms with Crippen molar-refractivity contribution in [1.29, 1.82) is 0 Å². The van der Waals surface area contributed by atoms with E-state index >= 15 is 13.2 Å². The summed E-state index contributed by atoms with van der Waals surface area (Å²) >= 11 is 4.45. The second-order valence-electron chi connectivity index (χ2n) is 44.5. The molecule has 9 fully saturated rings. The number of carbonyl (C=O) groups is 6. The molecule has 4 N–H and O–H groups in total. The molecule has 0 radical (unpaired) electrons. The molecule has 140 heavy (non-hydrogen) atoms. The molecule has 30 nitrogen and oxygen atoms in total. The molecule has 6 aromatic heterocycles. The van der Waals surface area contributed by atoms with Crippen LogP contribution in [0.2, 0.25) is 0 Å². The molecule has 0 aliphatic carbocycles. The Hall–Kier alpha value is -10.1. The lowest BCUT2D eigenvalue weighted by Gasteiger charge is -2.43. The molecule has 9 aromatic rings. The second kappa shape index (κ2) is 42.8. The van der Waals surface area contributed by atoms with Crippen LogP contribution in [-0.2, 0) is 28.8 Å². The highest BCUT2D eigenvalue weighted by molar-refractivity contribution is 8.01. The lowest BCUT2D eigenvalue weighted by Crippen LogP contribution is -2.53. The van der Waals surface area contributed by atoms with Crippen LogP contribution in [0.4, 0.5) is 30.2 Å². The number of hydrogen-bond acceptors (Lipinski definition) is 21. The fourth-order valence-electron chi connectivity index (χ4n) is 21.2. The monoisotopic (exact) mass is 2000 g/mol. The zero-order valence-corrected chi connectivity index (χ0v) is 86.5. The van der Waals surface area contributed by atoms with Crippen molar-refractivity contribution in [2.24, 2.45) is 16.2 Å². The number of halogens is 3. The van der Waals surface area contributed by atoms with Crippen molar-refractivity contribution in [3.05, 3.63) is 175 Å². The summed E-state index contributed by atoms with van der Waals surface area (Å²) in [7, 11) is 0. The third-order valence-electron chi connectivity index (χ3n) is 29.2. The molecule has 3 aromatic carbocycles. The third kappa shape index (κ3) is 23.3. The summed E-state index contributed by atoms with van der Waals surface area (Å²) in [6.45, 7) is 46.4. The fraction of sp³-hybridized carbons (Fsp3) is 0.596. The minimum Gasteiger partial charge on any atom is -0.366 e. The van der Waals surface area contributed by atoms with Crippen molar-refractivity contribution in [1.82, 2.24) is 88.1 Å². The highest BCUT2D eigenvalue weighted by atomic mass is 32.2. The number of thioether (sulfide) groups is 3. The summed E-state index contributed by atoms with van der Waals surface area (Å²) in [5.41, 5.74) is 7.71. The van der Waals surface area contributed by atoms with Crippen LogP contribution in [0, 0.1) is 33.7 Å². The molecular formula is C104H156F3N21O9S3. The van der Waals surface area contributed by atoms with Crippen molar-refractivity contribution >= 4 is 121 Å². The topological polar surface area (TPSA) is 302 Å². The number of carbonyl (C=O) groups excluding carboxylic acids is 6. The van der Waals surface area contributed by atoms with Crippen LogP contribution in [0.5, 0.6) is 0 Å². The fourth-order valence-corrected chi connectivity index (χ4v) is 25.7. The quantitative estimate of drug-likeness (QED) is 0.0519.